The third-order valence-electron chi connectivity index (χ3n) is 4.52. The van der Waals surface area contributed by atoms with Crippen LogP contribution >= 0.6 is 12.2 Å². The van der Waals surface area contributed by atoms with E-state index >= 15 is 0 Å². The fourth-order valence-corrected chi connectivity index (χ4v) is 3.48. The molecule has 22 heavy (non-hydrogen) atoms. The van der Waals surface area contributed by atoms with E-state index in [1.807, 2.05) is 18.3 Å². The predicted octanol–water partition coefficient (Wildman–Crippen LogP) is 3.72. The van der Waals surface area contributed by atoms with Crippen molar-refractivity contribution in [3.63, 3.8) is 0 Å². The Kier molecular flexibility index (Phi) is 4.45. The van der Waals surface area contributed by atoms with Crippen LogP contribution in [0, 0.1) is 10.3 Å². The highest BCUT2D eigenvalue weighted by atomic mass is 32.1. The van der Waals surface area contributed by atoms with Gasteiger partial charge < -0.3 is 14.8 Å². The lowest BCUT2D eigenvalue weighted by atomic mass is 10.1. The third kappa shape index (κ3) is 2.63. The van der Waals surface area contributed by atoms with E-state index < -0.39 is 0 Å². The molecule has 5 heteroatoms. The van der Waals surface area contributed by atoms with Crippen molar-refractivity contribution in [1.29, 1.82) is 0 Å². The minimum absolute atomic E-state index is 0.173. The van der Waals surface area contributed by atoms with Crippen molar-refractivity contribution >= 4 is 28.8 Å². The Morgan fingerprint density at radius 3 is 2.91 bits per heavy atom. The van der Waals surface area contributed by atoms with Crippen LogP contribution in [0.25, 0.3) is 10.9 Å². The second-order valence-corrected chi connectivity index (χ2v) is 6.19. The monoisotopic (exact) mass is 319 g/mol. The van der Waals surface area contributed by atoms with Gasteiger partial charge in [0.05, 0.1) is 11.2 Å². The van der Waals surface area contributed by atoms with Gasteiger partial charge in [-0.05, 0) is 31.5 Å². The summed E-state index contributed by atoms with van der Waals surface area (Å²) >= 11 is 5.36. The molecule has 1 saturated heterocycles. The number of piperazine rings is 1. The van der Waals surface area contributed by atoms with Gasteiger partial charge in [0, 0.05) is 48.3 Å². The highest BCUT2D eigenvalue weighted by Crippen LogP contribution is 2.29. The molecule has 0 amide bonds. The van der Waals surface area contributed by atoms with Gasteiger partial charge in [-0.3, -0.25) is 0 Å². The highest BCUT2D eigenvalue weighted by molar-refractivity contribution is 7.71. The van der Waals surface area contributed by atoms with E-state index in [0.717, 1.165) is 43.5 Å². The lowest BCUT2D eigenvalue weighted by molar-refractivity contribution is 0.459. The van der Waals surface area contributed by atoms with Crippen LogP contribution in [0.5, 0.6) is 0 Å². The summed E-state index contributed by atoms with van der Waals surface area (Å²) in [7, 11) is 0. The number of hydrogen-bond donors (Lipinski definition) is 1. The van der Waals surface area contributed by atoms with Gasteiger partial charge in [-0.1, -0.05) is 19.1 Å². The van der Waals surface area contributed by atoms with Crippen molar-refractivity contribution in [3.8, 4) is 0 Å². The van der Waals surface area contributed by atoms with E-state index in [2.05, 4.69) is 28.6 Å². The molecule has 0 bridgehead atoms. The Balaban J connectivity index is 2.17. The number of halogens is 1. The van der Waals surface area contributed by atoms with Crippen molar-refractivity contribution in [2.24, 2.45) is 0 Å². The molecule has 2 aromatic rings. The molecule has 1 N–H and O–H groups in total. The first-order valence-corrected chi connectivity index (χ1v) is 8.36. The van der Waals surface area contributed by atoms with E-state index in [0.29, 0.717) is 16.2 Å². The first-order chi connectivity index (χ1) is 10.7. The Bertz CT molecular complexity index is 740. The lowest BCUT2D eigenvalue weighted by Crippen LogP contribution is -2.51. The van der Waals surface area contributed by atoms with Crippen LogP contribution in [-0.2, 0) is 6.54 Å². The molecule has 3 nitrogen and oxygen atoms in total. The largest absolute Gasteiger partial charge is 0.364 e. The van der Waals surface area contributed by atoms with Gasteiger partial charge in [-0.15, -0.1) is 0 Å². The molecule has 1 aliphatic rings. The number of nitrogens with one attached hydrogen (secondary N) is 1. The van der Waals surface area contributed by atoms with E-state index in [1.54, 1.807) is 6.07 Å². The van der Waals surface area contributed by atoms with Crippen LogP contribution in [0.2, 0.25) is 0 Å². The minimum atomic E-state index is -0.173. The molecule has 1 fully saturated rings. The zero-order valence-electron chi connectivity index (χ0n) is 13.1. The van der Waals surface area contributed by atoms with Crippen molar-refractivity contribution in [2.45, 2.75) is 32.9 Å². The zero-order chi connectivity index (χ0) is 15.7. The number of rotatable bonds is 3. The summed E-state index contributed by atoms with van der Waals surface area (Å²) < 4.78 is 17.5. The number of nitrogens with zero attached hydrogens (tertiary/aromatic N) is 2. The second-order valence-electron chi connectivity index (χ2n) is 5.75. The Morgan fingerprint density at radius 1 is 1.36 bits per heavy atom. The summed E-state index contributed by atoms with van der Waals surface area (Å²) in [5.74, 6) is -0.173. The van der Waals surface area contributed by atoms with Gasteiger partial charge in [0.15, 0.2) is 0 Å². The molecule has 1 aliphatic heterocycles. The van der Waals surface area contributed by atoms with Crippen LogP contribution in [0.3, 0.4) is 0 Å². The maximum atomic E-state index is 14.7. The van der Waals surface area contributed by atoms with Crippen molar-refractivity contribution in [2.75, 3.05) is 24.5 Å². The molecular formula is C17H22FN3S. The van der Waals surface area contributed by atoms with Crippen LogP contribution in [0.1, 0.15) is 20.3 Å². The maximum absolute atomic E-state index is 14.7. The van der Waals surface area contributed by atoms with Crippen LogP contribution in [0.15, 0.2) is 24.4 Å². The quantitative estimate of drug-likeness (QED) is 0.871. The summed E-state index contributed by atoms with van der Waals surface area (Å²) in [6.45, 7) is 7.71. The van der Waals surface area contributed by atoms with Crippen molar-refractivity contribution in [3.05, 3.63) is 34.7 Å². The average Bonchev–Trinajstić information content (AvgIpc) is 2.55. The minimum Gasteiger partial charge on any atom is -0.364 e. The number of anilines is 1. The third-order valence-corrected chi connectivity index (χ3v) is 4.87. The molecule has 1 aromatic carbocycles. The zero-order valence-corrected chi connectivity index (χ0v) is 13.9. The molecule has 0 radical (unpaired) electrons. The van der Waals surface area contributed by atoms with Crippen LogP contribution in [0.4, 0.5) is 10.1 Å². The van der Waals surface area contributed by atoms with Crippen LogP contribution < -0.4 is 10.2 Å². The van der Waals surface area contributed by atoms with E-state index in [1.165, 1.54) is 0 Å². The molecule has 0 aliphatic carbocycles. The number of fused-ring (bicyclic) bond motifs is 1. The number of aryl methyl sites for hydroxylation is 1. The molecular weight excluding hydrogens is 297 g/mol. The first kappa shape index (κ1) is 15.4. The predicted molar refractivity (Wildman–Crippen MR) is 92.7 cm³/mol. The second kappa shape index (κ2) is 6.34. The van der Waals surface area contributed by atoms with Gasteiger partial charge in [-0.2, -0.15) is 0 Å². The topological polar surface area (TPSA) is 20.2 Å². The van der Waals surface area contributed by atoms with Gasteiger partial charge in [0.25, 0.3) is 0 Å². The SMILES string of the molecule is CCC1CNCCN1c1cc2c(cc1F)c(=S)ccn2CC. The molecule has 3 rings (SSSR count). The Labute approximate surface area is 135 Å². The summed E-state index contributed by atoms with van der Waals surface area (Å²) in [5, 5.41) is 4.21. The van der Waals surface area contributed by atoms with Gasteiger partial charge in [-0.25, -0.2) is 4.39 Å². The molecule has 0 spiro atoms. The lowest BCUT2D eigenvalue weighted by Gasteiger charge is -2.38. The number of hydrogen-bond acceptors (Lipinski definition) is 3. The summed E-state index contributed by atoms with van der Waals surface area (Å²) in [6.07, 6.45) is 2.99. The number of pyridine rings is 1. The van der Waals surface area contributed by atoms with Gasteiger partial charge in [0.2, 0.25) is 0 Å². The van der Waals surface area contributed by atoms with E-state index in [4.69, 9.17) is 12.2 Å². The molecule has 1 atom stereocenters. The first-order valence-electron chi connectivity index (χ1n) is 7.95. The normalized spacial score (nSPS) is 18.9. The standard InChI is InChI=1S/C17H22FN3S/c1-3-12-11-19-6-8-21(12)16-10-15-13(9-14(16)18)17(22)5-7-20(15)4-2/h5,7,9-10,12,19H,3-4,6,8,11H2,1-2H3. The van der Waals surface area contributed by atoms with Crippen LogP contribution in [-0.4, -0.2) is 30.2 Å². The van der Waals surface area contributed by atoms with Crippen molar-refractivity contribution in [1.82, 2.24) is 9.88 Å². The summed E-state index contributed by atoms with van der Waals surface area (Å²) in [5.41, 5.74) is 1.71. The fraction of sp³-hybridized carbons (Fsp3) is 0.471. The molecule has 1 aromatic heterocycles. The fourth-order valence-electron chi connectivity index (χ4n) is 3.25. The van der Waals surface area contributed by atoms with Crippen molar-refractivity contribution < 1.29 is 4.39 Å². The van der Waals surface area contributed by atoms with Gasteiger partial charge in [0.1, 0.15) is 5.82 Å². The summed E-state index contributed by atoms with van der Waals surface area (Å²) in [4.78, 5) is 2.20. The Morgan fingerprint density at radius 2 is 2.18 bits per heavy atom. The maximum Gasteiger partial charge on any atom is 0.147 e. The van der Waals surface area contributed by atoms with E-state index in [9.17, 15) is 4.39 Å². The van der Waals surface area contributed by atoms with Gasteiger partial charge >= 0.3 is 0 Å². The molecule has 0 saturated carbocycles. The molecule has 118 valence electrons. The smallest absolute Gasteiger partial charge is 0.147 e. The molecule has 1 unspecified atom stereocenters. The average molecular weight is 319 g/mol. The Hall–Kier alpha value is -1.46. The summed E-state index contributed by atoms with van der Waals surface area (Å²) in [6, 6.07) is 5.79. The highest BCUT2D eigenvalue weighted by Gasteiger charge is 2.23. The van der Waals surface area contributed by atoms with E-state index in [-0.39, 0.29) is 5.82 Å². The molecule has 2 heterocycles. The number of aromatic nitrogens is 1. The number of benzene rings is 1.